The van der Waals surface area contributed by atoms with Crippen LogP contribution in [0.2, 0.25) is 0 Å². The average Bonchev–Trinajstić information content (AvgIpc) is 2.52. The van der Waals surface area contributed by atoms with Crippen molar-refractivity contribution in [3.8, 4) is 5.75 Å². The number of hydrogen-bond donors (Lipinski definition) is 1. The fourth-order valence-corrected chi connectivity index (χ4v) is 3.38. The van der Waals surface area contributed by atoms with E-state index < -0.39 is 9.84 Å². The molecule has 1 N–H and O–H groups in total. The Labute approximate surface area is 132 Å². The minimum absolute atomic E-state index is 0.138. The smallest absolute Gasteiger partial charge is 0.178 e. The average molecular weight is 319 g/mol. The Balaban J connectivity index is 1.83. The summed E-state index contributed by atoms with van der Waals surface area (Å²) in [7, 11) is -1.58. The van der Waals surface area contributed by atoms with Crippen molar-refractivity contribution in [3.05, 3.63) is 54.1 Å². The minimum atomic E-state index is -3.20. The molecule has 0 bridgehead atoms. The van der Waals surface area contributed by atoms with Crippen molar-refractivity contribution in [1.82, 2.24) is 0 Å². The van der Waals surface area contributed by atoms with Gasteiger partial charge in [0.05, 0.1) is 17.8 Å². The highest BCUT2D eigenvalue weighted by atomic mass is 32.2. The van der Waals surface area contributed by atoms with Crippen LogP contribution in [0.4, 0.5) is 5.69 Å². The predicted octanol–water partition coefficient (Wildman–Crippen LogP) is 3.28. The summed E-state index contributed by atoms with van der Waals surface area (Å²) in [4.78, 5) is 0.391. The molecule has 0 unspecified atom stereocenters. The first kappa shape index (κ1) is 16.4. The van der Waals surface area contributed by atoms with Gasteiger partial charge in [0.1, 0.15) is 5.75 Å². The van der Waals surface area contributed by atoms with E-state index in [1.54, 1.807) is 19.2 Å². The van der Waals surface area contributed by atoms with Gasteiger partial charge in [0.15, 0.2) is 9.84 Å². The van der Waals surface area contributed by atoms with Crippen molar-refractivity contribution in [2.75, 3.05) is 24.7 Å². The highest BCUT2D eigenvalue weighted by molar-refractivity contribution is 7.91. The standard InChI is InChI=1S/C17H21NO3S/c1-14-4-10-17(11-5-14)22(19,20)13-3-12-18-15-6-8-16(21-2)9-7-15/h4-11,18H,3,12-13H2,1-2H3. The number of ether oxygens (including phenoxy) is 1. The van der Waals surface area contributed by atoms with Gasteiger partial charge >= 0.3 is 0 Å². The van der Waals surface area contributed by atoms with Crippen LogP contribution < -0.4 is 10.1 Å². The van der Waals surface area contributed by atoms with E-state index in [9.17, 15) is 8.42 Å². The van der Waals surface area contributed by atoms with Gasteiger partial charge in [-0.1, -0.05) is 17.7 Å². The summed E-state index contributed by atoms with van der Waals surface area (Å²) in [6, 6.07) is 14.5. The number of benzene rings is 2. The molecule has 0 heterocycles. The zero-order chi connectivity index (χ0) is 16.0. The van der Waals surface area contributed by atoms with Gasteiger partial charge < -0.3 is 10.1 Å². The van der Waals surface area contributed by atoms with Crippen LogP contribution in [0.15, 0.2) is 53.4 Å². The zero-order valence-electron chi connectivity index (χ0n) is 12.9. The van der Waals surface area contributed by atoms with Crippen LogP contribution in [-0.2, 0) is 9.84 Å². The largest absolute Gasteiger partial charge is 0.497 e. The van der Waals surface area contributed by atoms with Crippen molar-refractivity contribution in [2.45, 2.75) is 18.2 Å². The second kappa shape index (κ2) is 7.31. The molecule has 0 aliphatic carbocycles. The molecule has 0 aromatic heterocycles. The zero-order valence-corrected chi connectivity index (χ0v) is 13.7. The lowest BCUT2D eigenvalue weighted by molar-refractivity contribution is 0.415. The molecule has 0 amide bonds. The van der Waals surface area contributed by atoms with Gasteiger partial charge in [0.2, 0.25) is 0 Å². The third-order valence-corrected chi connectivity index (χ3v) is 5.21. The van der Waals surface area contributed by atoms with Crippen LogP contribution in [0.25, 0.3) is 0 Å². The Morgan fingerprint density at radius 3 is 2.23 bits per heavy atom. The summed E-state index contributed by atoms with van der Waals surface area (Å²) >= 11 is 0. The Morgan fingerprint density at radius 1 is 1.00 bits per heavy atom. The molecular formula is C17H21NO3S. The summed E-state index contributed by atoms with van der Waals surface area (Å²) in [6.45, 7) is 2.55. The first-order valence-electron chi connectivity index (χ1n) is 7.18. The Bertz CT molecular complexity index is 692. The lowest BCUT2D eigenvalue weighted by Gasteiger charge is -2.08. The third-order valence-electron chi connectivity index (χ3n) is 3.39. The monoisotopic (exact) mass is 319 g/mol. The highest BCUT2D eigenvalue weighted by Gasteiger charge is 2.13. The van der Waals surface area contributed by atoms with Crippen molar-refractivity contribution < 1.29 is 13.2 Å². The molecule has 0 saturated heterocycles. The van der Waals surface area contributed by atoms with E-state index in [0.717, 1.165) is 17.0 Å². The normalized spacial score (nSPS) is 11.2. The van der Waals surface area contributed by atoms with Crippen LogP contribution >= 0.6 is 0 Å². The molecule has 2 aromatic rings. The minimum Gasteiger partial charge on any atom is -0.497 e. The molecule has 2 aromatic carbocycles. The number of methoxy groups -OCH3 is 1. The van der Waals surface area contributed by atoms with E-state index in [0.29, 0.717) is 17.9 Å². The van der Waals surface area contributed by atoms with E-state index in [4.69, 9.17) is 4.74 Å². The maximum Gasteiger partial charge on any atom is 0.178 e. The van der Waals surface area contributed by atoms with Crippen LogP contribution in [-0.4, -0.2) is 27.8 Å². The van der Waals surface area contributed by atoms with Gasteiger partial charge in [-0.05, 0) is 49.7 Å². The fourth-order valence-electron chi connectivity index (χ4n) is 2.07. The molecule has 4 nitrogen and oxygen atoms in total. The first-order valence-corrected chi connectivity index (χ1v) is 8.84. The van der Waals surface area contributed by atoms with Gasteiger partial charge in [-0.15, -0.1) is 0 Å². The maximum atomic E-state index is 12.2. The number of anilines is 1. The number of hydrogen-bond acceptors (Lipinski definition) is 4. The van der Waals surface area contributed by atoms with Crippen molar-refractivity contribution >= 4 is 15.5 Å². The molecule has 0 spiro atoms. The van der Waals surface area contributed by atoms with Crippen LogP contribution in [0, 0.1) is 6.92 Å². The third kappa shape index (κ3) is 4.49. The molecule has 0 atom stereocenters. The van der Waals surface area contributed by atoms with E-state index >= 15 is 0 Å². The number of nitrogens with one attached hydrogen (secondary N) is 1. The fraction of sp³-hybridized carbons (Fsp3) is 0.294. The lowest BCUT2D eigenvalue weighted by atomic mass is 10.2. The second-order valence-corrected chi connectivity index (χ2v) is 7.25. The van der Waals surface area contributed by atoms with Gasteiger partial charge in [-0.2, -0.15) is 0 Å². The lowest BCUT2D eigenvalue weighted by Crippen LogP contribution is -2.11. The van der Waals surface area contributed by atoms with E-state index in [2.05, 4.69) is 5.32 Å². The summed E-state index contributed by atoms with van der Waals surface area (Å²) in [5.41, 5.74) is 2.01. The maximum absolute atomic E-state index is 12.2. The SMILES string of the molecule is COc1ccc(NCCCS(=O)(=O)c2ccc(C)cc2)cc1. The summed E-state index contributed by atoms with van der Waals surface area (Å²) in [5.74, 6) is 0.937. The van der Waals surface area contributed by atoms with Crippen molar-refractivity contribution in [3.63, 3.8) is 0 Å². The Kier molecular flexibility index (Phi) is 5.44. The molecule has 118 valence electrons. The quantitative estimate of drug-likeness (QED) is 0.796. The van der Waals surface area contributed by atoms with E-state index in [-0.39, 0.29) is 5.75 Å². The molecule has 0 aliphatic rings. The van der Waals surface area contributed by atoms with E-state index in [1.807, 2.05) is 43.3 Å². The molecule has 5 heteroatoms. The summed E-state index contributed by atoms with van der Waals surface area (Å²) < 4.78 is 29.5. The second-order valence-electron chi connectivity index (χ2n) is 5.14. The van der Waals surface area contributed by atoms with Gasteiger partial charge in [0, 0.05) is 12.2 Å². The molecule has 0 fully saturated rings. The van der Waals surface area contributed by atoms with Gasteiger partial charge in [-0.25, -0.2) is 8.42 Å². The number of rotatable bonds is 7. The van der Waals surface area contributed by atoms with Gasteiger partial charge in [0.25, 0.3) is 0 Å². The predicted molar refractivity (Wildman–Crippen MR) is 89.3 cm³/mol. The first-order chi connectivity index (χ1) is 10.5. The molecule has 0 radical (unpaired) electrons. The Morgan fingerprint density at radius 2 is 1.64 bits per heavy atom. The molecular weight excluding hydrogens is 298 g/mol. The molecule has 0 saturated carbocycles. The van der Waals surface area contributed by atoms with Crippen LogP contribution in [0.1, 0.15) is 12.0 Å². The van der Waals surface area contributed by atoms with Gasteiger partial charge in [-0.3, -0.25) is 0 Å². The summed E-state index contributed by atoms with van der Waals surface area (Å²) in [5, 5.41) is 3.21. The number of sulfone groups is 1. The Hall–Kier alpha value is -2.01. The van der Waals surface area contributed by atoms with Crippen LogP contribution in [0.3, 0.4) is 0 Å². The van der Waals surface area contributed by atoms with Crippen molar-refractivity contribution in [1.29, 1.82) is 0 Å². The van der Waals surface area contributed by atoms with Crippen molar-refractivity contribution in [2.24, 2.45) is 0 Å². The highest BCUT2D eigenvalue weighted by Crippen LogP contribution is 2.16. The molecule has 2 rings (SSSR count). The van der Waals surface area contributed by atoms with Crippen LogP contribution in [0.5, 0.6) is 5.75 Å². The molecule has 22 heavy (non-hydrogen) atoms. The summed E-state index contributed by atoms with van der Waals surface area (Å²) in [6.07, 6.45) is 0.558. The van der Waals surface area contributed by atoms with E-state index in [1.165, 1.54) is 0 Å². The number of aryl methyl sites for hydroxylation is 1. The molecule has 0 aliphatic heterocycles. The topological polar surface area (TPSA) is 55.4 Å².